The van der Waals surface area contributed by atoms with Crippen molar-refractivity contribution in [3.05, 3.63) is 48.3 Å². The third-order valence-corrected chi connectivity index (χ3v) is 6.07. The van der Waals surface area contributed by atoms with Gasteiger partial charge in [-0.05, 0) is 29.7 Å². The van der Waals surface area contributed by atoms with Gasteiger partial charge >= 0.3 is 0 Å². The summed E-state index contributed by atoms with van der Waals surface area (Å²) in [5, 5.41) is 0. The van der Waals surface area contributed by atoms with Crippen molar-refractivity contribution >= 4 is 10.0 Å². The summed E-state index contributed by atoms with van der Waals surface area (Å²) < 4.78 is 32.0. The molecule has 0 saturated carbocycles. The van der Waals surface area contributed by atoms with E-state index in [1.807, 2.05) is 24.3 Å². The van der Waals surface area contributed by atoms with E-state index in [4.69, 9.17) is 4.74 Å². The highest BCUT2D eigenvalue weighted by Crippen LogP contribution is 2.28. The Hall–Kier alpha value is -1.76. The van der Waals surface area contributed by atoms with Gasteiger partial charge < -0.3 is 4.74 Å². The Bertz CT molecular complexity index is 795. The van der Waals surface area contributed by atoms with E-state index < -0.39 is 10.0 Å². The molecule has 5 nitrogen and oxygen atoms in total. The average molecular weight is 346 g/mol. The van der Waals surface area contributed by atoms with Gasteiger partial charge in [-0.3, -0.25) is 4.98 Å². The molecule has 0 spiro atoms. The molecule has 0 radical (unpaired) electrons. The largest absolute Gasteiger partial charge is 0.379 e. The highest BCUT2D eigenvalue weighted by atomic mass is 32.2. The minimum absolute atomic E-state index is 0.304. The van der Waals surface area contributed by atoms with Crippen LogP contribution in [0.25, 0.3) is 11.1 Å². The molecule has 0 N–H and O–H groups in total. The van der Waals surface area contributed by atoms with Gasteiger partial charge in [-0.2, -0.15) is 4.31 Å². The Balaban J connectivity index is 1.91. The van der Waals surface area contributed by atoms with E-state index in [1.165, 1.54) is 4.31 Å². The van der Waals surface area contributed by atoms with E-state index in [2.05, 4.69) is 18.8 Å². The van der Waals surface area contributed by atoms with Crippen molar-refractivity contribution in [2.24, 2.45) is 0 Å². The summed E-state index contributed by atoms with van der Waals surface area (Å²) in [6.07, 6.45) is 1.79. The number of morpholine rings is 1. The molecule has 1 aliphatic rings. The number of hydrogen-bond donors (Lipinski definition) is 0. The first kappa shape index (κ1) is 17.1. The first-order valence-electron chi connectivity index (χ1n) is 8.13. The summed E-state index contributed by atoms with van der Waals surface area (Å²) >= 11 is 0. The predicted octanol–water partition coefficient (Wildman–Crippen LogP) is 2.89. The van der Waals surface area contributed by atoms with Crippen molar-refractivity contribution in [1.29, 1.82) is 0 Å². The molecule has 2 heterocycles. The number of rotatable bonds is 4. The van der Waals surface area contributed by atoms with Crippen LogP contribution in [0.2, 0.25) is 0 Å². The molecule has 3 rings (SSSR count). The SMILES string of the molecule is CC(C)c1ncccc1-c1ccc(S(=O)(=O)N2CCOCC2)cc1. The maximum atomic E-state index is 12.7. The molecule has 1 fully saturated rings. The van der Waals surface area contributed by atoms with Crippen molar-refractivity contribution in [2.45, 2.75) is 24.7 Å². The minimum atomic E-state index is -3.45. The van der Waals surface area contributed by atoms with E-state index in [-0.39, 0.29) is 0 Å². The molecule has 6 heteroatoms. The smallest absolute Gasteiger partial charge is 0.243 e. The third kappa shape index (κ3) is 3.36. The van der Waals surface area contributed by atoms with Crippen LogP contribution in [0.1, 0.15) is 25.5 Å². The van der Waals surface area contributed by atoms with Gasteiger partial charge in [0.25, 0.3) is 0 Å². The minimum Gasteiger partial charge on any atom is -0.379 e. The second kappa shape index (κ2) is 7.01. The molecule has 0 amide bonds. The lowest BCUT2D eigenvalue weighted by Crippen LogP contribution is -2.40. The average Bonchev–Trinajstić information content (AvgIpc) is 2.62. The number of pyridine rings is 1. The third-order valence-electron chi connectivity index (χ3n) is 4.16. The molecule has 2 aromatic rings. The van der Waals surface area contributed by atoms with Crippen molar-refractivity contribution in [3.8, 4) is 11.1 Å². The standard InChI is InChI=1S/C18H22N2O3S/c1-14(2)18-17(4-3-9-19-18)15-5-7-16(8-6-15)24(21,22)20-10-12-23-13-11-20/h3-9,14H,10-13H2,1-2H3. The Labute approximate surface area is 143 Å². The second-order valence-electron chi connectivity index (χ2n) is 6.13. The highest BCUT2D eigenvalue weighted by Gasteiger charge is 2.26. The second-order valence-corrected chi connectivity index (χ2v) is 8.07. The number of benzene rings is 1. The van der Waals surface area contributed by atoms with Gasteiger partial charge in [-0.1, -0.05) is 32.0 Å². The fraction of sp³-hybridized carbons (Fsp3) is 0.389. The van der Waals surface area contributed by atoms with Crippen LogP contribution in [0.3, 0.4) is 0 Å². The van der Waals surface area contributed by atoms with Crippen LogP contribution in [0.5, 0.6) is 0 Å². The maximum Gasteiger partial charge on any atom is 0.243 e. The lowest BCUT2D eigenvalue weighted by Gasteiger charge is -2.26. The quantitative estimate of drug-likeness (QED) is 0.854. The topological polar surface area (TPSA) is 59.5 Å². The zero-order valence-corrected chi connectivity index (χ0v) is 14.8. The summed E-state index contributed by atoms with van der Waals surface area (Å²) in [6.45, 7) is 5.91. The molecule has 1 aromatic heterocycles. The van der Waals surface area contributed by atoms with Crippen molar-refractivity contribution in [3.63, 3.8) is 0 Å². The van der Waals surface area contributed by atoms with E-state index in [9.17, 15) is 8.42 Å². The Morgan fingerprint density at radius 2 is 1.75 bits per heavy atom. The van der Waals surface area contributed by atoms with Crippen molar-refractivity contribution < 1.29 is 13.2 Å². The number of sulfonamides is 1. The molecule has 1 aromatic carbocycles. The van der Waals surface area contributed by atoms with E-state index in [1.54, 1.807) is 18.3 Å². The van der Waals surface area contributed by atoms with E-state index in [0.29, 0.717) is 37.1 Å². The molecule has 24 heavy (non-hydrogen) atoms. The van der Waals surface area contributed by atoms with E-state index in [0.717, 1.165) is 16.8 Å². The number of nitrogens with zero attached hydrogens (tertiary/aromatic N) is 2. The number of hydrogen-bond acceptors (Lipinski definition) is 4. The first-order chi connectivity index (χ1) is 11.5. The van der Waals surface area contributed by atoms with Gasteiger partial charge in [0.2, 0.25) is 10.0 Å². The van der Waals surface area contributed by atoms with Gasteiger partial charge in [-0.25, -0.2) is 8.42 Å². The Morgan fingerprint density at radius 1 is 1.08 bits per heavy atom. The van der Waals surface area contributed by atoms with Crippen LogP contribution >= 0.6 is 0 Å². The molecule has 1 saturated heterocycles. The van der Waals surface area contributed by atoms with Gasteiger partial charge in [-0.15, -0.1) is 0 Å². The van der Waals surface area contributed by atoms with Gasteiger partial charge in [0.1, 0.15) is 0 Å². The zero-order valence-electron chi connectivity index (χ0n) is 14.0. The fourth-order valence-electron chi connectivity index (χ4n) is 2.86. The van der Waals surface area contributed by atoms with Crippen LogP contribution in [0.4, 0.5) is 0 Å². The molecule has 1 aliphatic heterocycles. The normalized spacial score (nSPS) is 16.5. The summed E-state index contributed by atoms with van der Waals surface area (Å²) in [6, 6.07) is 11.0. The Kier molecular flexibility index (Phi) is 4.99. The fourth-order valence-corrected chi connectivity index (χ4v) is 4.27. The molecule has 0 bridgehead atoms. The van der Waals surface area contributed by atoms with Gasteiger partial charge in [0.05, 0.1) is 23.8 Å². The lowest BCUT2D eigenvalue weighted by molar-refractivity contribution is 0.0730. The molecule has 128 valence electrons. The molecule has 0 aliphatic carbocycles. The summed E-state index contributed by atoms with van der Waals surface area (Å²) in [7, 11) is -3.45. The number of ether oxygens (including phenoxy) is 1. The first-order valence-corrected chi connectivity index (χ1v) is 9.57. The van der Waals surface area contributed by atoms with Crippen molar-refractivity contribution in [2.75, 3.05) is 26.3 Å². The molecular formula is C18H22N2O3S. The predicted molar refractivity (Wildman–Crippen MR) is 93.3 cm³/mol. The maximum absolute atomic E-state index is 12.7. The summed E-state index contributed by atoms with van der Waals surface area (Å²) in [5.74, 6) is 0.304. The Morgan fingerprint density at radius 3 is 2.38 bits per heavy atom. The molecular weight excluding hydrogens is 324 g/mol. The van der Waals surface area contributed by atoms with E-state index >= 15 is 0 Å². The van der Waals surface area contributed by atoms with Crippen LogP contribution in [0, 0.1) is 0 Å². The van der Waals surface area contributed by atoms with Gasteiger partial charge in [0, 0.05) is 24.8 Å². The summed E-state index contributed by atoms with van der Waals surface area (Å²) in [4.78, 5) is 4.78. The van der Waals surface area contributed by atoms with Gasteiger partial charge in [0.15, 0.2) is 0 Å². The summed E-state index contributed by atoms with van der Waals surface area (Å²) in [5.41, 5.74) is 3.04. The highest BCUT2D eigenvalue weighted by molar-refractivity contribution is 7.89. The lowest BCUT2D eigenvalue weighted by atomic mass is 9.98. The van der Waals surface area contributed by atoms with Crippen LogP contribution in [-0.2, 0) is 14.8 Å². The van der Waals surface area contributed by atoms with Crippen molar-refractivity contribution in [1.82, 2.24) is 9.29 Å². The molecule has 0 atom stereocenters. The zero-order chi connectivity index (χ0) is 17.2. The van der Waals surface area contributed by atoms with Crippen LogP contribution < -0.4 is 0 Å². The van der Waals surface area contributed by atoms with Crippen LogP contribution in [0.15, 0.2) is 47.5 Å². The molecule has 0 unspecified atom stereocenters. The monoisotopic (exact) mass is 346 g/mol. The number of aromatic nitrogens is 1. The van der Waals surface area contributed by atoms with Crippen LogP contribution in [-0.4, -0.2) is 44.0 Å².